The largest absolute Gasteiger partial charge is 0.490 e. The van der Waals surface area contributed by atoms with Gasteiger partial charge in [0.15, 0.2) is 0 Å². The van der Waals surface area contributed by atoms with Gasteiger partial charge in [-0.2, -0.15) is 0 Å². The van der Waals surface area contributed by atoms with Crippen molar-refractivity contribution in [1.29, 1.82) is 0 Å². The second-order valence-corrected chi connectivity index (χ2v) is 5.15. The smallest absolute Gasteiger partial charge is 0.224 e. The molecule has 22 heavy (non-hydrogen) atoms. The maximum atomic E-state index is 11.3. The number of pyridine rings is 1. The number of hydrogen-bond donors (Lipinski definition) is 1. The molecular weight excluding hydrogens is 280 g/mol. The number of benzene rings is 1. The Morgan fingerprint density at radius 1 is 1.18 bits per heavy atom. The zero-order chi connectivity index (χ0) is 15.4. The molecule has 0 atom stereocenters. The molecule has 2 heterocycles. The van der Waals surface area contributed by atoms with Crippen molar-refractivity contribution in [2.24, 2.45) is 0 Å². The number of nitrogens with zero attached hydrogens (tertiary/aromatic N) is 1. The maximum absolute atomic E-state index is 11.3. The Balaban J connectivity index is 1.52. The lowest BCUT2D eigenvalue weighted by atomic mass is 10.0. The quantitative estimate of drug-likeness (QED) is 0.862. The van der Waals surface area contributed by atoms with Crippen molar-refractivity contribution in [1.82, 2.24) is 4.98 Å². The first kappa shape index (κ1) is 14.4. The topological polar surface area (TPSA) is 60.5 Å². The molecule has 1 aliphatic rings. The molecule has 3 rings (SSSR count). The third kappa shape index (κ3) is 3.36. The van der Waals surface area contributed by atoms with E-state index in [1.165, 1.54) is 0 Å². The summed E-state index contributed by atoms with van der Waals surface area (Å²) in [7, 11) is 0. The van der Waals surface area contributed by atoms with Crippen molar-refractivity contribution in [2.45, 2.75) is 19.8 Å². The van der Waals surface area contributed by atoms with Crippen LogP contribution < -0.4 is 14.8 Å². The third-order valence-electron chi connectivity index (χ3n) is 3.54. The van der Waals surface area contributed by atoms with Crippen molar-refractivity contribution in [3.05, 3.63) is 47.8 Å². The number of ether oxygens (including phenoxy) is 2. The molecule has 2 aromatic rings. The van der Waals surface area contributed by atoms with Gasteiger partial charge in [0.05, 0.1) is 5.69 Å². The lowest BCUT2D eigenvalue weighted by Crippen LogP contribution is -2.19. The first-order valence-electron chi connectivity index (χ1n) is 7.32. The zero-order valence-electron chi connectivity index (χ0n) is 12.5. The van der Waals surface area contributed by atoms with Gasteiger partial charge in [-0.15, -0.1) is 0 Å². The normalized spacial score (nSPS) is 13.2. The Morgan fingerprint density at radius 3 is 2.91 bits per heavy atom. The number of aryl methyl sites for hydroxylation is 2. The van der Waals surface area contributed by atoms with Crippen LogP contribution in [0, 0.1) is 6.92 Å². The summed E-state index contributed by atoms with van der Waals surface area (Å²) in [5.41, 5.74) is 2.86. The van der Waals surface area contributed by atoms with Gasteiger partial charge in [0.1, 0.15) is 24.7 Å². The number of fused-ring (bicyclic) bond motifs is 1. The summed E-state index contributed by atoms with van der Waals surface area (Å²) in [5, 5.41) is 2.86. The molecule has 5 heteroatoms. The highest BCUT2D eigenvalue weighted by atomic mass is 16.5. The monoisotopic (exact) mass is 298 g/mol. The van der Waals surface area contributed by atoms with Gasteiger partial charge in [0.25, 0.3) is 0 Å². The minimum atomic E-state index is 0.0707. The van der Waals surface area contributed by atoms with Crippen molar-refractivity contribution in [3.63, 3.8) is 0 Å². The zero-order valence-corrected chi connectivity index (χ0v) is 12.5. The van der Waals surface area contributed by atoms with E-state index < -0.39 is 0 Å². The first-order valence-corrected chi connectivity index (χ1v) is 7.32. The number of nitrogens with one attached hydrogen (secondary N) is 1. The fraction of sp³-hybridized carbons (Fsp3) is 0.294. The van der Waals surface area contributed by atoms with Gasteiger partial charge in [-0.1, -0.05) is 0 Å². The van der Waals surface area contributed by atoms with Crippen LogP contribution in [0.3, 0.4) is 0 Å². The molecule has 0 unspecified atom stereocenters. The van der Waals surface area contributed by atoms with Crippen molar-refractivity contribution in [2.75, 3.05) is 18.5 Å². The third-order valence-corrected chi connectivity index (χ3v) is 3.54. The Labute approximate surface area is 129 Å². The van der Waals surface area contributed by atoms with Crippen molar-refractivity contribution in [3.8, 4) is 11.5 Å². The Morgan fingerprint density at radius 2 is 2.05 bits per heavy atom. The van der Waals surface area contributed by atoms with E-state index in [2.05, 4.69) is 10.3 Å². The van der Waals surface area contributed by atoms with Gasteiger partial charge in [-0.05, 0) is 49.2 Å². The molecular formula is C17H18N2O3. The number of amides is 1. The Hall–Kier alpha value is -2.56. The highest BCUT2D eigenvalue weighted by molar-refractivity contribution is 5.93. The molecule has 0 radical (unpaired) electrons. The average molecular weight is 298 g/mol. The SMILES string of the molecule is Cc1ncccc1OCCOc1ccc2c(c1)CCC(=O)N2. The maximum Gasteiger partial charge on any atom is 0.224 e. The summed E-state index contributed by atoms with van der Waals surface area (Å²) < 4.78 is 11.3. The molecule has 1 aliphatic heterocycles. The molecule has 0 aliphatic carbocycles. The van der Waals surface area contributed by atoms with Crippen LogP contribution in [-0.2, 0) is 11.2 Å². The summed E-state index contributed by atoms with van der Waals surface area (Å²) in [6.07, 6.45) is 3.02. The van der Waals surface area contributed by atoms with Crippen LogP contribution in [0.25, 0.3) is 0 Å². The minimum absolute atomic E-state index is 0.0707. The number of anilines is 1. The summed E-state index contributed by atoms with van der Waals surface area (Å²) in [6.45, 7) is 2.83. The van der Waals surface area contributed by atoms with Gasteiger partial charge >= 0.3 is 0 Å². The predicted octanol–water partition coefficient (Wildman–Crippen LogP) is 2.73. The number of hydrogen-bond acceptors (Lipinski definition) is 4. The summed E-state index contributed by atoms with van der Waals surface area (Å²) in [6, 6.07) is 9.46. The van der Waals surface area contributed by atoms with Crippen LogP contribution in [-0.4, -0.2) is 24.1 Å². The number of aromatic nitrogens is 1. The average Bonchev–Trinajstić information content (AvgIpc) is 2.53. The van der Waals surface area contributed by atoms with E-state index in [1.54, 1.807) is 6.20 Å². The lowest BCUT2D eigenvalue weighted by molar-refractivity contribution is -0.116. The molecule has 1 aromatic heterocycles. The first-order chi connectivity index (χ1) is 10.7. The second kappa shape index (κ2) is 6.47. The fourth-order valence-corrected chi connectivity index (χ4v) is 2.38. The van der Waals surface area contributed by atoms with Crippen molar-refractivity contribution < 1.29 is 14.3 Å². The molecule has 0 fully saturated rings. The molecule has 0 spiro atoms. The van der Waals surface area contributed by atoms with Gasteiger partial charge in [0.2, 0.25) is 5.91 Å². The van der Waals surface area contributed by atoms with Crippen molar-refractivity contribution >= 4 is 11.6 Å². The lowest BCUT2D eigenvalue weighted by Gasteiger charge is -2.17. The highest BCUT2D eigenvalue weighted by Crippen LogP contribution is 2.26. The van der Waals surface area contributed by atoms with Crippen LogP contribution in [0.15, 0.2) is 36.5 Å². The molecule has 5 nitrogen and oxygen atoms in total. The highest BCUT2D eigenvalue weighted by Gasteiger charge is 2.14. The van der Waals surface area contributed by atoms with Gasteiger partial charge < -0.3 is 14.8 Å². The van der Waals surface area contributed by atoms with E-state index in [-0.39, 0.29) is 5.91 Å². The summed E-state index contributed by atoms with van der Waals surface area (Å²) in [5.74, 6) is 1.64. The van der Waals surface area contributed by atoms with Crippen LogP contribution in [0.2, 0.25) is 0 Å². The van der Waals surface area contributed by atoms with Crippen LogP contribution in [0.1, 0.15) is 17.7 Å². The molecule has 1 N–H and O–H groups in total. The second-order valence-electron chi connectivity index (χ2n) is 5.15. The standard InChI is InChI=1S/C17H18N2O3/c1-12-16(3-2-8-18-12)22-10-9-21-14-5-6-15-13(11-14)4-7-17(20)19-15/h2-3,5-6,8,11H,4,7,9-10H2,1H3,(H,19,20). The fourth-order valence-electron chi connectivity index (χ4n) is 2.38. The van der Waals surface area contributed by atoms with E-state index in [1.807, 2.05) is 37.3 Å². The Kier molecular flexibility index (Phi) is 4.23. The molecule has 0 bridgehead atoms. The van der Waals surface area contributed by atoms with E-state index in [0.717, 1.165) is 34.9 Å². The number of carbonyl (C=O) groups excluding carboxylic acids is 1. The van der Waals surface area contributed by atoms with Crippen LogP contribution in [0.4, 0.5) is 5.69 Å². The van der Waals surface area contributed by atoms with Gasteiger partial charge in [-0.25, -0.2) is 0 Å². The molecule has 1 aromatic carbocycles. The number of rotatable bonds is 5. The summed E-state index contributed by atoms with van der Waals surface area (Å²) in [4.78, 5) is 15.5. The molecule has 1 amide bonds. The predicted molar refractivity (Wildman–Crippen MR) is 83.4 cm³/mol. The molecule has 0 saturated heterocycles. The molecule has 114 valence electrons. The van der Waals surface area contributed by atoms with Gasteiger partial charge in [-0.3, -0.25) is 9.78 Å². The summed E-state index contributed by atoms with van der Waals surface area (Å²) >= 11 is 0. The van der Waals surface area contributed by atoms with Gasteiger partial charge in [0, 0.05) is 18.3 Å². The van der Waals surface area contributed by atoms with E-state index in [4.69, 9.17) is 9.47 Å². The van der Waals surface area contributed by atoms with E-state index in [9.17, 15) is 4.79 Å². The van der Waals surface area contributed by atoms with E-state index in [0.29, 0.717) is 19.6 Å². The van der Waals surface area contributed by atoms with Crippen LogP contribution in [0.5, 0.6) is 11.5 Å². The van der Waals surface area contributed by atoms with E-state index >= 15 is 0 Å². The van der Waals surface area contributed by atoms with Crippen LogP contribution >= 0.6 is 0 Å². The Bertz CT molecular complexity index is 685. The molecule has 0 saturated carbocycles. The minimum Gasteiger partial charge on any atom is -0.490 e. The number of carbonyl (C=O) groups is 1.